The number of unbranched alkanes of at least 4 members (excludes halogenated alkanes) is 56. The highest BCUT2D eigenvalue weighted by Crippen LogP contribution is 2.45. The normalized spacial score (nSPS) is 13.8. The number of phosphoric ester groups is 2. The zero-order valence-corrected chi connectivity index (χ0v) is 69.3. The van der Waals surface area contributed by atoms with Crippen molar-refractivity contribution in [2.75, 3.05) is 39.6 Å². The van der Waals surface area contributed by atoms with Crippen molar-refractivity contribution in [1.29, 1.82) is 0 Å². The minimum atomic E-state index is -4.96. The molecule has 0 saturated carbocycles. The van der Waals surface area contributed by atoms with E-state index in [2.05, 4.69) is 34.6 Å². The highest BCUT2D eigenvalue weighted by molar-refractivity contribution is 7.47. The van der Waals surface area contributed by atoms with Crippen LogP contribution in [-0.2, 0) is 65.4 Å². The second kappa shape index (κ2) is 76.8. The van der Waals surface area contributed by atoms with Crippen molar-refractivity contribution in [2.24, 2.45) is 5.92 Å². The number of aliphatic hydroxyl groups excluding tert-OH is 1. The molecule has 5 atom stereocenters. The predicted molar refractivity (Wildman–Crippen MR) is 423 cm³/mol. The Bertz CT molecular complexity index is 1960. The van der Waals surface area contributed by atoms with Crippen LogP contribution >= 0.6 is 15.6 Å². The monoisotopic (exact) mass is 1510 g/mol. The summed E-state index contributed by atoms with van der Waals surface area (Å²) >= 11 is 0. The van der Waals surface area contributed by atoms with Gasteiger partial charge in [0.25, 0.3) is 0 Å². The molecule has 0 aromatic carbocycles. The van der Waals surface area contributed by atoms with Gasteiger partial charge < -0.3 is 33.8 Å². The first-order valence-electron chi connectivity index (χ1n) is 43.6. The third-order valence-electron chi connectivity index (χ3n) is 19.8. The Hall–Kier alpha value is -1.94. The summed E-state index contributed by atoms with van der Waals surface area (Å²) in [5.74, 6) is -1.28. The van der Waals surface area contributed by atoms with Crippen LogP contribution in [0.15, 0.2) is 0 Å². The molecule has 0 aliphatic carbocycles. The van der Waals surface area contributed by atoms with E-state index in [-0.39, 0.29) is 25.7 Å². The molecule has 612 valence electrons. The molecule has 0 saturated heterocycles. The minimum Gasteiger partial charge on any atom is -0.462 e. The van der Waals surface area contributed by atoms with E-state index in [9.17, 15) is 43.2 Å². The van der Waals surface area contributed by atoms with Gasteiger partial charge in [-0.25, -0.2) is 9.13 Å². The summed E-state index contributed by atoms with van der Waals surface area (Å²) in [5.41, 5.74) is 0. The van der Waals surface area contributed by atoms with Crippen LogP contribution in [0.4, 0.5) is 0 Å². The highest BCUT2D eigenvalue weighted by Gasteiger charge is 2.30. The van der Waals surface area contributed by atoms with Crippen LogP contribution in [-0.4, -0.2) is 96.7 Å². The second-order valence-corrected chi connectivity index (χ2v) is 33.6. The Morgan fingerprint density at radius 1 is 0.262 bits per heavy atom. The summed E-state index contributed by atoms with van der Waals surface area (Å²) in [6.45, 7) is 7.36. The summed E-state index contributed by atoms with van der Waals surface area (Å²) in [5, 5.41) is 10.6. The zero-order chi connectivity index (χ0) is 75.5. The van der Waals surface area contributed by atoms with E-state index in [1.54, 1.807) is 0 Å². The van der Waals surface area contributed by atoms with Gasteiger partial charge in [-0.1, -0.05) is 401 Å². The van der Waals surface area contributed by atoms with Crippen LogP contribution in [0.2, 0.25) is 0 Å². The highest BCUT2D eigenvalue weighted by atomic mass is 31.2. The Morgan fingerprint density at radius 2 is 0.447 bits per heavy atom. The molecule has 0 spiro atoms. The van der Waals surface area contributed by atoms with Crippen LogP contribution in [0.3, 0.4) is 0 Å². The van der Waals surface area contributed by atoms with E-state index in [0.29, 0.717) is 25.7 Å². The Morgan fingerprint density at radius 3 is 0.660 bits per heavy atom. The standard InChI is InChI=1S/C84H164O17P2/c1-6-9-12-15-18-21-23-25-27-29-33-37-40-44-48-53-58-63-68-82(87)95-74-80(101-84(89)70-65-60-55-50-46-42-38-34-31-30-32-35-39-43-47-51-56-61-66-77(4)5)76-99-103(92,93)97-72-78(85)71-96-102(90,91)98-75-79(73-94-81(86)67-62-57-52-20-17-14-11-8-3)100-83(88)69-64-59-54-49-45-41-36-28-26-24-22-19-16-13-10-7-2/h77-80,85H,6-76H2,1-5H3,(H,90,91)(H,92,93)/t78-,79+,80+/m0/s1. The van der Waals surface area contributed by atoms with Gasteiger partial charge in [-0.2, -0.15) is 0 Å². The van der Waals surface area contributed by atoms with Crippen molar-refractivity contribution < 1.29 is 80.2 Å². The molecule has 0 bridgehead atoms. The molecule has 0 aromatic rings. The number of hydrogen-bond acceptors (Lipinski definition) is 15. The van der Waals surface area contributed by atoms with E-state index in [1.165, 1.54) is 276 Å². The maximum absolute atomic E-state index is 13.1. The minimum absolute atomic E-state index is 0.109. The number of ether oxygens (including phenoxy) is 4. The predicted octanol–water partition coefficient (Wildman–Crippen LogP) is 25.6. The maximum atomic E-state index is 13.1. The van der Waals surface area contributed by atoms with E-state index in [0.717, 1.165) is 95.8 Å². The molecule has 103 heavy (non-hydrogen) atoms. The number of carbonyl (C=O) groups is 4. The summed E-state index contributed by atoms with van der Waals surface area (Å²) in [7, 11) is -9.92. The zero-order valence-electron chi connectivity index (χ0n) is 67.5. The van der Waals surface area contributed by atoms with Crippen LogP contribution in [0.25, 0.3) is 0 Å². The fourth-order valence-corrected chi connectivity index (χ4v) is 14.7. The average molecular weight is 1510 g/mol. The second-order valence-electron chi connectivity index (χ2n) is 30.7. The number of esters is 4. The molecular formula is C84H164O17P2. The van der Waals surface area contributed by atoms with Crippen LogP contribution < -0.4 is 0 Å². The summed E-state index contributed by atoms with van der Waals surface area (Å²) < 4.78 is 68.8. The smallest absolute Gasteiger partial charge is 0.462 e. The molecule has 17 nitrogen and oxygen atoms in total. The number of hydrogen-bond donors (Lipinski definition) is 3. The Balaban J connectivity index is 5.19. The molecule has 0 heterocycles. The molecule has 3 N–H and O–H groups in total. The molecule has 0 fully saturated rings. The summed E-state index contributed by atoms with van der Waals surface area (Å²) in [6, 6.07) is 0. The lowest BCUT2D eigenvalue weighted by Gasteiger charge is -2.21. The first kappa shape index (κ1) is 101. The van der Waals surface area contributed by atoms with Gasteiger partial charge >= 0.3 is 39.5 Å². The third kappa shape index (κ3) is 78.0. The van der Waals surface area contributed by atoms with Crippen molar-refractivity contribution in [1.82, 2.24) is 0 Å². The molecule has 0 amide bonds. The van der Waals surface area contributed by atoms with Crippen LogP contribution in [0.5, 0.6) is 0 Å². The van der Waals surface area contributed by atoms with Crippen molar-refractivity contribution in [3.05, 3.63) is 0 Å². The SMILES string of the molecule is CCCCCCCCCCCCCCCCCCCCC(=O)OC[C@H](COP(=O)(O)OC[C@@H](O)COP(=O)(O)OC[C@@H](COC(=O)CCCCCCCCCC)OC(=O)CCCCCCCCCCCCCCCCCC)OC(=O)CCCCCCCCCCCCCCCCCCCCC(C)C. The molecule has 0 aliphatic heterocycles. The third-order valence-corrected chi connectivity index (χ3v) is 21.7. The van der Waals surface area contributed by atoms with Gasteiger partial charge in [0.2, 0.25) is 0 Å². The first-order chi connectivity index (χ1) is 50.0. The van der Waals surface area contributed by atoms with Crippen molar-refractivity contribution in [3.63, 3.8) is 0 Å². The average Bonchev–Trinajstić information content (AvgIpc) is 0.912. The number of phosphoric acid groups is 2. The van der Waals surface area contributed by atoms with Gasteiger partial charge in [0.1, 0.15) is 19.3 Å². The van der Waals surface area contributed by atoms with E-state index in [4.69, 9.17) is 37.0 Å². The fourth-order valence-electron chi connectivity index (χ4n) is 13.1. The van der Waals surface area contributed by atoms with Crippen LogP contribution in [0, 0.1) is 5.92 Å². The molecule has 0 aliphatic rings. The molecule has 2 unspecified atom stereocenters. The fraction of sp³-hybridized carbons (Fsp3) is 0.952. The van der Waals surface area contributed by atoms with Gasteiger partial charge in [-0.05, 0) is 31.6 Å². The summed E-state index contributed by atoms with van der Waals surface area (Å²) in [6.07, 6.45) is 69.5. The van der Waals surface area contributed by atoms with E-state index < -0.39 is 97.5 Å². The maximum Gasteiger partial charge on any atom is 0.472 e. The van der Waals surface area contributed by atoms with Gasteiger partial charge in [0, 0.05) is 25.7 Å². The Labute approximate surface area is 632 Å². The number of rotatable bonds is 84. The van der Waals surface area contributed by atoms with E-state index >= 15 is 0 Å². The van der Waals surface area contributed by atoms with Gasteiger partial charge in [-0.3, -0.25) is 37.3 Å². The lowest BCUT2D eigenvalue weighted by atomic mass is 10.0. The topological polar surface area (TPSA) is 237 Å². The van der Waals surface area contributed by atoms with Crippen LogP contribution in [0.1, 0.15) is 452 Å². The van der Waals surface area contributed by atoms with Gasteiger partial charge in [-0.15, -0.1) is 0 Å². The molecular weight excluding hydrogens is 1340 g/mol. The van der Waals surface area contributed by atoms with E-state index in [1.807, 2.05) is 0 Å². The van der Waals surface area contributed by atoms with Gasteiger partial charge in [0.15, 0.2) is 12.2 Å². The molecule has 0 aromatic heterocycles. The van der Waals surface area contributed by atoms with Crippen molar-refractivity contribution in [3.8, 4) is 0 Å². The quantitative estimate of drug-likeness (QED) is 0.0222. The lowest BCUT2D eigenvalue weighted by Crippen LogP contribution is -2.30. The molecule has 0 radical (unpaired) electrons. The summed E-state index contributed by atoms with van der Waals surface area (Å²) in [4.78, 5) is 73.0. The lowest BCUT2D eigenvalue weighted by molar-refractivity contribution is -0.161. The van der Waals surface area contributed by atoms with Gasteiger partial charge in [0.05, 0.1) is 26.4 Å². The number of aliphatic hydroxyl groups is 1. The number of carbonyl (C=O) groups excluding carboxylic acids is 4. The largest absolute Gasteiger partial charge is 0.472 e. The molecule has 19 heteroatoms. The Kier molecular flexibility index (Phi) is 75.4. The van der Waals surface area contributed by atoms with Crippen molar-refractivity contribution in [2.45, 2.75) is 470 Å². The van der Waals surface area contributed by atoms with Crippen molar-refractivity contribution >= 4 is 39.5 Å². The first-order valence-corrected chi connectivity index (χ1v) is 46.6. The molecule has 0 rings (SSSR count).